The zero-order valence-electron chi connectivity index (χ0n) is 10.6. The van der Waals surface area contributed by atoms with Crippen molar-refractivity contribution in [1.29, 1.82) is 0 Å². The second kappa shape index (κ2) is 5.80. The predicted molar refractivity (Wildman–Crippen MR) is 69.8 cm³/mol. The largest absolute Gasteiger partial charge is 0.489 e. The molecule has 0 atom stereocenters. The molecule has 0 fully saturated rings. The Bertz CT molecular complexity index is 584. The Morgan fingerprint density at radius 1 is 1.05 bits per heavy atom. The first-order chi connectivity index (χ1) is 9.10. The van der Waals surface area contributed by atoms with Crippen LogP contribution >= 0.6 is 0 Å². The average Bonchev–Trinajstić information content (AvgIpc) is 2.40. The van der Waals surface area contributed by atoms with Crippen LogP contribution in [0.2, 0.25) is 0 Å². The van der Waals surface area contributed by atoms with E-state index in [1.165, 1.54) is 18.2 Å². The van der Waals surface area contributed by atoms with Gasteiger partial charge in [0.2, 0.25) is 0 Å². The maximum absolute atomic E-state index is 13.2. The Morgan fingerprint density at radius 2 is 1.84 bits per heavy atom. The molecule has 2 N–H and O–H groups in total. The lowest BCUT2D eigenvalue weighted by atomic mass is 10.1. The molecule has 0 bridgehead atoms. The fourth-order valence-electron chi connectivity index (χ4n) is 1.80. The van der Waals surface area contributed by atoms with Crippen LogP contribution in [0.15, 0.2) is 36.4 Å². The topological polar surface area (TPSA) is 35.2 Å². The molecular weight excluding hydrogens is 248 g/mol. The van der Waals surface area contributed by atoms with E-state index in [1.54, 1.807) is 25.1 Å². The lowest BCUT2D eigenvalue weighted by Gasteiger charge is -2.11. The average molecular weight is 263 g/mol. The highest BCUT2D eigenvalue weighted by Gasteiger charge is 2.05. The Kier molecular flexibility index (Phi) is 4.12. The molecule has 0 aliphatic carbocycles. The lowest BCUT2D eigenvalue weighted by Crippen LogP contribution is -2.05. The van der Waals surface area contributed by atoms with Crippen LogP contribution in [0.25, 0.3) is 0 Å². The summed E-state index contributed by atoms with van der Waals surface area (Å²) in [7, 11) is 0. The van der Waals surface area contributed by atoms with Gasteiger partial charge in [-0.2, -0.15) is 0 Å². The van der Waals surface area contributed by atoms with Crippen molar-refractivity contribution >= 4 is 0 Å². The first kappa shape index (κ1) is 13.5. The third kappa shape index (κ3) is 3.29. The van der Waals surface area contributed by atoms with E-state index < -0.39 is 0 Å². The summed E-state index contributed by atoms with van der Waals surface area (Å²) in [6, 6.07) is 8.91. The van der Waals surface area contributed by atoms with Crippen molar-refractivity contribution in [1.82, 2.24) is 0 Å². The Labute approximate surface area is 110 Å². The fourth-order valence-corrected chi connectivity index (χ4v) is 1.80. The Morgan fingerprint density at radius 3 is 2.53 bits per heavy atom. The van der Waals surface area contributed by atoms with Crippen LogP contribution in [-0.4, -0.2) is 0 Å². The fraction of sp³-hybridized carbons (Fsp3) is 0.200. The zero-order valence-corrected chi connectivity index (χ0v) is 10.6. The van der Waals surface area contributed by atoms with E-state index in [9.17, 15) is 8.78 Å². The minimum absolute atomic E-state index is 0.204. The van der Waals surface area contributed by atoms with Gasteiger partial charge in [-0.25, -0.2) is 8.78 Å². The van der Waals surface area contributed by atoms with Crippen molar-refractivity contribution in [2.45, 2.75) is 20.1 Å². The van der Waals surface area contributed by atoms with Crippen LogP contribution in [0.1, 0.15) is 16.7 Å². The number of hydrogen-bond acceptors (Lipinski definition) is 2. The van der Waals surface area contributed by atoms with Crippen molar-refractivity contribution < 1.29 is 13.5 Å². The van der Waals surface area contributed by atoms with Crippen molar-refractivity contribution in [3.8, 4) is 5.75 Å². The zero-order chi connectivity index (χ0) is 13.8. The van der Waals surface area contributed by atoms with Crippen LogP contribution in [0.4, 0.5) is 8.78 Å². The number of nitrogens with two attached hydrogens (primary N) is 1. The molecule has 0 aliphatic rings. The normalized spacial score (nSPS) is 10.5. The van der Waals surface area contributed by atoms with E-state index in [2.05, 4.69) is 0 Å². The molecule has 0 unspecified atom stereocenters. The van der Waals surface area contributed by atoms with Gasteiger partial charge in [0.05, 0.1) is 0 Å². The molecule has 2 aromatic rings. The lowest BCUT2D eigenvalue weighted by molar-refractivity contribution is 0.303. The van der Waals surface area contributed by atoms with Crippen LogP contribution in [0.5, 0.6) is 5.75 Å². The second-order valence-corrected chi connectivity index (χ2v) is 4.32. The highest BCUT2D eigenvalue weighted by molar-refractivity contribution is 5.31. The van der Waals surface area contributed by atoms with Crippen LogP contribution in [-0.2, 0) is 13.2 Å². The molecule has 0 amide bonds. The molecule has 2 aromatic carbocycles. The number of hydrogen-bond donors (Lipinski definition) is 1. The van der Waals surface area contributed by atoms with Gasteiger partial charge in [-0.3, -0.25) is 0 Å². The van der Waals surface area contributed by atoms with Gasteiger partial charge in [-0.15, -0.1) is 0 Å². The highest BCUT2D eigenvalue weighted by atomic mass is 19.1. The quantitative estimate of drug-likeness (QED) is 0.918. The van der Waals surface area contributed by atoms with Crippen LogP contribution < -0.4 is 10.5 Å². The molecule has 100 valence electrons. The van der Waals surface area contributed by atoms with Gasteiger partial charge in [0.15, 0.2) is 0 Å². The number of aryl methyl sites for hydroxylation is 1. The van der Waals surface area contributed by atoms with E-state index in [-0.39, 0.29) is 18.2 Å². The van der Waals surface area contributed by atoms with Crippen LogP contribution in [0, 0.1) is 18.6 Å². The van der Waals surface area contributed by atoms with Crippen molar-refractivity contribution in [2.24, 2.45) is 5.73 Å². The first-order valence-corrected chi connectivity index (χ1v) is 5.96. The number of halogens is 2. The molecular formula is C15H15F2NO. The van der Waals surface area contributed by atoms with Gasteiger partial charge in [0.25, 0.3) is 0 Å². The van der Waals surface area contributed by atoms with E-state index in [4.69, 9.17) is 10.5 Å². The summed E-state index contributed by atoms with van der Waals surface area (Å²) in [6.07, 6.45) is 0. The first-order valence-electron chi connectivity index (χ1n) is 5.96. The van der Waals surface area contributed by atoms with Gasteiger partial charge < -0.3 is 10.5 Å². The molecule has 0 saturated carbocycles. The third-order valence-corrected chi connectivity index (χ3v) is 2.91. The molecule has 0 heterocycles. The Hall–Kier alpha value is -1.94. The summed E-state index contributed by atoms with van der Waals surface area (Å²) >= 11 is 0. The molecule has 19 heavy (non-hydrogen) atoms. The maximum Gasteiger partial charge on any atom is 0.126 e. The molecule has 0 aromatic heterocycles. The maximum atomic E-state index is 13.2. The van der Waals surface area contributed by atoms with Gasteiger partial charge in [-0.05, 0) is 53.9 Å². The minimum atomic E-state index is -0.328. The van der Waals surface area contributed by atoms with Gasteiger partial charge in [-0.1, -0.05) is 6.07 Å². The molecule has 4 heteroatoms. The van der Waals surface area contributed by atoms with E-state index >= 15 is 0 Å². The van der Waals surface area contributed by atoms with Crippen molar-refractivity contribution in [2.75, 3.05) is 0 Å². The van der Waals surface area contributed by atoms with Gasteiger partial charge in [0, 0.05) is 6.54 Å². The van der Waals surface area contributed by atoms with E-state index in [1.807, 2.05) is 0 Å². The standard InChI is InChI=1S/C15H15F2NO/c1-10-6-14(4-5-15(10)17)19-9-12-7-13(16)3-2-11(12)8-18/h2-7H,8-9,18H2,1H3. The highest BCUT2D eigenvalue weighted by Crippen LogP contribution is 2.19. The SMILES string of the molecule is Cc1cc(OCc2cc(F)ccc2CN)ccc1F. The monoisotopic (exact) mass is 263 g/mol. The predicted octanol–water partition coefficient (Wildman–Crippen LogP) is 3.31. The summed E-state index contributed by atoms with van der Waals surface area (Å²) < 4.78 is 31.8. The summed E-state index contributed by atoms with van der Waals surface area (Å²) in [4.78, 5) is 0. The third-order valence-electron chi connectivity index (χ3n) is 2.91. The molecule has 2 rings (SSSR count). The molecule has 2 nitrogen and oxygen atoms in total. The second-order valence-electron chi connectivity index (χ2n) is 4.32. The molecule has 0 saturated heterocycles. The number of benzene rings is 2. The molecule has 0 spiro atoms. The van der Waals surface area contributed by atoms with Crippen LogP contribution in [0.3, 0.4) is 0 Å². The smallest absolute Gasteiger partial charge is 0.126 e. The van der Waals surface area contributed by atoms with E-state index in [0.29, 0.717) is 23.4 Å². The van der Waals surface area contributed by atoms with Crippen molar-refractivity contribution in [3.05, 3.63) is 64.7 Å². The summed E-state index contributed by atoms with van der Waals surface area (Å²) in [5.74, 6) is -0.0574. The molecule has 0 radical (unpaired) electrons. The Balaban J connectivity index is 2.13. The van der Waals surface area contributed by atoms with Gasteiger partial charge in [0.1, 0.15) is 24.0 Å². The number of ether oxygens (including phenoxy) is 1. The van der Waals surface area contributed by atoms with E-state index in [0.717, 1.165) is 5.56 Å². The summed E-state index contributed by atoms with van der Waals surface area (Å²) in [5.41, 5.74) is 7.63. The minimum Gasteiger partial charge on any atom is -0.489 e. The van der Waals surface area contributed by atoms with Gasteiger partial charge >= 0.3 is 0 Å². The van der Waals surface area contributed by atoms with Crippen molar-refractivity contribution in [3.63, 3.8) is 0 Å². The summed E-state index contributed by atoms with van der Waals surface area (Å²) in [6.45, 7) is 2.19. The summed E-state index contributed by atoms with van der Waals surface area (Å²) in [5, 5.41) is 0. The molecule has 0 aliphatic heterocycles. The number of rotatable bonds is 4.